The number of esters is 1. The number of rotatable bonds is 8. The number of ether oxygens (including phenoxy) is 1. The molecule has 136 valence electrons. The lowest BCUT2D eigenvalue weighted by atomic mass is 10.2. The minimum absolute atomic E-state index is 0.00952. The first kappa shape index (κ1) is 19.1. The quantitative estimate of drug-likeness (QED) is 0.560. The average Bonchev–Trinajstić information content (AvgIpc) is 3.07. The smallest absolute Gasteiger partial charge is 0.337 e. The van der Waals surface area contributed by atoms with E-state index in [1.165, 1.54) is 31.4 Å². The van der Waals surface area contributed by atoms with Crippen molar-refractivity contribution in [3.8, 4) is 0 Å². The first-order chi connectivity index (χ1) is 11.8. The van der Waals surface area contributed by atoms with Gasteiger partial charge in [0.1, 0.15) is 0 Å². The topological polar surface area (TPSA) is 111 Å². The molecular weight excluding hydrogens is 346 g/mol. The Kier molecular flexibility index (Phi) is 6.27. The Hall–Kier alpha value is -2.26. The lowest BCUT2D eigenvalue weighted by Crippen LogP contribution is -2.25. The number of carbonyl (C=O) groups is 1. The zero-order valence-electron chi connectivity index (χ0n) is 14.4. The normalized spacial score (nSPS) is 11.7. The highest BCUT2D eigenvalue weighted by Crippen LogP contribution is 2.13. The first-order valence-electron chi connectivity index (χ1n) is 7.84. The summed E-state index contributed by atoms with van der Waals surface area (Å²) in [7, 11) is -2.47. The third-order valence-corrected chi connectivity index (χ3v) is 4.88. The van der Waals surface area contributed by atoms with Crippen LogP contribution < -0.4 is 4.72 Å². The van der Waals surface area contributed by atoms with E-state index < -0.39 is 16.0 Å². The summed E-state index contributed by atoms with van der Waals surface area (Å²) in [5, 5.41) is 3.86. The van der Waals surface area contributed by atoms with Crippen LogP contribution in [0.4, 0.5) is 0 Å². The molecule has 0 saturated heterocycles. The summed E-state index contributed by atoms with van der Waals surface area (Å²) in [6.07, 6.45) is 0.986. The van der Waals surface area contributed by atoms with Gasteiger partial charge >= 0.3 is 5.97 Å². The molecule has 0 aliphatic heterocycles. The van der Waals surface area contributed by atoms with Crippen molar-refractivity contribution in [3.63, 3.8) is 0 Å². The van der Waals surface area contributed by atoms with Crippen molar-refractivity contribution in [1.82, 2.24) is 14.9 Å². The molecule has 0 amide bonds. The molecule has 0 fully saturated rings. The van der Waals surface area contributed by atoms with Crippen molar-refractivity contribution in [2.75, 3.05) is 13.7 Å². The number of aromatic nitrogens is 2. The van der Waals surface area contributed by atoms with Crippen molar-refractivity contribution in [2.24, 2.45) is 0 Å². The summed E-state index contributed by atoms with van der Waals surface area (Å²) in [6.45, 7) is 4.14. The standard InChI is InChI=1S/C16H21N3O5S/c1-11(2)15-18-14(24-19-15)8-5-9-17-25(21,22)13-7-4-6-12(10-13)16(20)23-3/h4,6-7,10-11,17H,5,8-9H2,1-3H3. The Morgan fingerprint density at radius 2 is 2.12 bits per heavy atom. The van der Waals surface area contributed by atoms with Crippen molar-refractivity contribution in [2.45, 2.75) is 37.5 Å². The fraction of sp³-hybridized carbons (Fsp3) is 0.438. The number of methoxy groups -OCH3 is 1. The van der Waals surface area contributed by atoms with Crippen LogP contribution in [-0.2, 0) is 21.2 Å². The summed E-state index contributed by atoms with van der Waals surface area (Å²) in [4.78, 5) is 15.7. The number of nitrogens with one attached hydrogen (secondary N) is 1. The van der Waals surface area contributed by atoms with Gasteiger partial charge in [0.25, 0.3) is 0 Å². The molecule has 0 radical (unpaired) electrons. The Morgan fingerprint density at radius 3 is 2.76 bits per heavy atom. The van der Waals surface area contributed by atoms with Crippen molar-refractivity contribution >= 4 is 16.0 Å². The Bertz CT molecular complexity index is 830. The van der Waals surface area contributed by atoms with Crippen LogP contribution in [0.1, 0.15) is 48.3 Å². The molecule has 9 heteroatoms. The number of hydrogen-bond acceptors (Lipinski definition) is 7. The maximum atomic E-state index is 12.3. The maximum Gasteiger partial charge on any atom is 0.337 e. The Morgan fingerprint density at radius 1 is 1.36 bits per heavy atom. The predicted octanol–water partition coefficient (Wildman–Crippen LogP) is 1.89. The molecule has 0 aliphatic carbocycles. The minimum atomic E-state index is -3.71. The van der Waals surface area contributed by atoms with E-state index in [1.54, 1.807) is 0 Å². The zero-order chi connectivity index (χ0) is 18.4. The molecule has 1 aromatic carbocycles. The van der Waals surface area contributed by atoms with E-state index in [0.717, 1.165) is 0 Å². The van der Waals surface area contributed by atoms with Gasteiger partial charge in [-0.3, -0.25) is 0 Å². The summed E-state index contributed by atoms with van der Waals surface area (Å²) in [5.74, 6) is 0.707. The average molecular weight is 367 g/mol. The van der Waals surface area contributed by atoms with E-state index >= 15 is 0 Å². The Labute approximate surface area is 146 Å². The van der Waals surface area contributed by atoms with Gasteiger partial charge in [-0.1, -0.05) is 25.1 Å². The predicted molar refractivity (Wildman–Crippen MR) is 89.7 cm³/mol. The largest absolute Gasteiger partial charge is 0.465 e. The highest BCUT2D eigenvalue weighted by molar-refractivity contribution is 7.89. The molecule has 2 rings (SSSR count). The molecule has 0 atom stereocenters. The molecule has 1 N–H and O–H groups in total. The molecular formula is C16H21N3O5S. The molecule has 0 spiro atoms. The van der Waals surface area contributed by atoms with E-state index in [9.17, 15) is 13.2 Å². The van der Waals surface area contributed by atoms with Crippen LogP contribution in [0.25, 0.3) is 0 Å². The van der Waals surface area contributed by atoms with Crippen LogP contribution in [0.15, 0.2) is 33.7 Å². The molecule has 8 nitrogen and oxygen atoms in total. The van der Waals surface area contributed by atoms with E-state index in [1.807, 2.05) is 13.8 Å². The van der Waals surface area contributed by atoms with Crippen LogP contribution in [0.3, 0.4) is 0 Å². The van der Waals surface area contributed by atoms with Gasteiger partial charge in [-0.2, -0.15) is 4.98 Å². The third-order valence-electron chi connectivity index (χ3n) is 3.43. The summed E-state index contributed by atoms with van der Waals surface area (Å²) < 4.78 is 36.8. The molecule has 0 aliphatic rings. The van der Waals surface area contributed by atoms with Gasteiger partial charge in [0, 0.05) is 18.9 Å². The number of hydrogen-bond donors (Lipinski definition) is 1. The SMILES string of the molecule is COC(=O)c1cccc(S(=O)(=O)NCCCc2nc(C(C)C)no2)c1. The maximum absolute atomic E-state index is 12.3. The van der Waals surface area contributed by atoms with Gasteiger partial charge in [0.05, 0.1) is 17.6 Å². The van der Waals surface area contributed by atoms with Gasteiger partial charge in [-0.25, -0.2) is 17.9 Å². The van der Waals surface area contributed by atoms with Gasteiger partial charge < -0.3 is 9.26 Å². The highest BCUT2D eigenvalue weighted by atomic mass is 32.2. The van der Waals surface area contributed by atoms with Crippen LogP contribution in [0.2, 0.25) is 0 Å². The van der Waals surface area contributed by atoms with Crippen LogP contribution >= 0.6 is 0 Å². The highest BCUT2D eigenvalue weighted by Gasteiger charge is 2.16. The number of nitrogens with zero attached hydrogens (tertiary/aromatic N) is 2. The van der Waals surface area contributed by atoms with Crippen LogP contribution in [-0.4, -0.2) is 38.2 Å². The number of carbonyl (C=O) groups excluding carboxylic acids is 1. The molecule has 1 heterocycles. The van der Waals surface area contributed by atoms with Crippen LogP contribution in [0, 0.1) is 0 Å². The lowest BCUT2D eigenvalue weighted by molar-refractivity contribution is 0.0600. The fourth-order valence-corrected chi connectivity index (χ4v) is 3.16. The molecule has 25 heavy (non-hydrogen) atoms. The van der Waals surface area contributed by atoms with E-state index in [0.29, 0.717) is 24.6 Å². The zero-order valence-corrected chi connectivity index (χ0v) is 15.2. The second-order valence-corrected chi connectivity index (χ2v) is 7.49. The summed E-state index contributed by atoms with van der Waals surface area (Å²) >= 11 is 0. The van der Waals surface area contributed by atoms with E-state index in [4.69, 9.17) is 4.52 Å². The summed E-state index contributed by atoms with van der Waals surface area (Å²) in [5.41, 5.74) is 0.178. The Balaban J connectivity index is 1.92. The second kappa shape index (κ2) is 8.21. The van der Waals surface area contributed by atoms with Crippen LogP contribution in [0.5, 0.6) is 0 Å². The van der Waals surface area contributed by atoms with Gasteiger partial charge in [-0.15, -0.1) is 0 Å². The number of aryl methyl sites for hydroxylation is 1. The van der Waals surface area contributed by atoms with Crippen molar-refractivity contribution < 1.29 is 22.5 Å². The summed E-state index contributed by atoms with van der Waals surface area (Å²) in [6, 6.07) is 5.68. The molecule has 0 saturated carbocycles. The lowest BCUT2D eigenvalue weighted by Gasteiger charge is -2.07. The van der Waals surface area contributed by atoms with Crippen molar-refractivity contribution in [3.05, 3.63) is 41.5 Å². The molecule has 0 bridgehead atoms. The van der Waals surface area contributed by atoms with E-state index in [2.05, 4.69) is 19.6 Å². The molecule has 0 unspecified atom stereocenters. The molecule has 1 aromatic heterocycles. The van der Waals surface area contributed by atoms with E-state index in [-0.39, 0.29) is 22.9 Å². The van der Waals surface area contributed by atoms with Crippen molar-refractivity contribution in [1.29, 1.82) is 0 Å². The van der Waals surface area contributed by atoms with Gasteiger partial charge in [0.2, 0.25) is 15.9 Å². The number of benzene rings is 1. The van der Waals surface area contributed by atoms with Gasteiger partial charge in [0.15, 0.2) is 5.82 Å². The first-order valence-corrected chi connectivity index (χ1v) is 9.32. The van der Waals surface area contributed by atoms with Gasteiger partial charge in [-0.05, 0) is 24.6 Å². The number of sulfonamides is 1. The second-order valence-electron chi connectivity index (χ2n) is 5.72. The monoisotopic (exact) mass is 367 g/mol. The third kappa shape index (κ3) is 5.10. The minimum Gasteiger partial charge on any atom is -0.465 e. The fourth-order valence-electron chi connectivity index (χ4n) is 2.04. The molecule has 2 aromatic rings.